The Morgan fingerprint density at radius 1 is 0.865 bits per heavy atom. The van der Waals surface area contributed by atoms with E-state index in [1.807, 2.05) is 48.8 Å². The second-order valence-corrected chi connectivity index (χ2v) is 8.46. The molecule has 0 saturated heterocycles. The zero-order chi connectivity index (χ0) is 25.7. The number of hydrogen-bond donors (Lipinski definition) is 1. The molecular formula is C25H20F2N10. The smallest absolute Gasteiger partial charge is 0.228 e. The molecule has 0 saturated carbocycles. The van der Waals surface area contributed by atoms with Gasteiger partial charge in [0.1, 0.15) is 5.82 Å². The summed E-state index contributed by atoms with van der Waals surface area (Å²) in [4.78, 5) is 8.91. The Labute approximate surface area is 209 Å². The van der Waals surface area contributed by atoms with Crippen LogP contribution in [0, 0.1) is 18.6 Å². The Morgan fingerprint density at radius 2 is 1.73 bits per heavy atom. The first kappa shape index (κ1) is 22.5. The topological polar surface area (TPSA) is 104 Å². The van der Waals surface area contributed by atoms with Crippen LogP contribution < -0.4 is 5.32 Å². The van der Waals surface area contributed by atoms with E-state index in [1.54, 1.807) is 28.8 Å². The summed E-state index contributed by atoms with van der Waals surface area (Å²) in [5.74, 6) is -0.106. The lowest BCUT2D eigenvalue weighted by Crippen LogP contribution is -2.03. The fourth-order valence-corrected chi connectivity index (χ4v) is 4.31. The number of fused-ring (bicyclic) bond motifs is 1. The molecule has 1 N–H and O–H groups in total. The van der Waals surface area contributed by atoms with Gasteiger partial charge in [0.05, 0.1) is 28.8 Å². The van der Waals surface area contributed by atoms with Crippen molar-refractivity contribution in [2.75, 3.05) is 5.32 Å². The van der Waals surface area contributed by atoms with Gasteiger partial charge in [0.2, 0.25) is 5.95 Å². The van der Waals surface area contributed by atoms with Gasteiger partial charge in [0, 0.05) is 43.7 Å². The first-order chi connectivity index (χ1) is 17.9. The lowest BCUT2D eigenvalue weighted by atomic mass is 10.0. The van der Waals surface area contributed by atoms with Crippen LogP contribution in [0.25, 0.3) is 39.5 Å². The van der Waals surface area contributed by atoms with E-state index >= 15 is 0 Å². The molecule has 1 aromatic carbocycles. The standard InChI is InChI=1S/C25H20F2N10/c1-14-22(23(36(3)34-14)16-4-5-17(26)18(27)12-16)24-33-32-21-13-15(8-11-37(21)24)19-6-9-28-25(30-19)31-20-7-10-29-35(20)2/h4-13H,1-3H3,(H,28,30,31). The van der Waals surface area contributed by atoms with E-state index in [9.17, 15) is 8.78 Å². The minimum Gasteiger partial charge on any atom is -0.309 e. The molecule has 6 rings (SSSR count). The quantitative estimate of drug-likeness (QED) is 0.378. The molecule has 0 spiro atoms. The van der Waals surface area contributed by atoms with Crippen molar-refractivity contribution >= 4 is 17.4 Å². The highest BCUT2D eigenvalue weighted by molar-refractivity contribution is 5.81. The van der Waals surface area contributed by atoms with Crippen molar-refractivity contribution < 1.29 is 8.78 Å². The molecule has 0 amide bonds. The molecular weight excluding hydrogens is 478 g/mol. The largest absolute Gasteiger partial charge is 0.309 e. The summed E-state index contributed by atoms with van der Waals surface area (Å²) in [7, 11) is 3.58. The molecule has 0 aliphatic carbocycles. The summed E-state index contributed by atoms with van der Waals surface area (Å²) in [6.45, 7) is 1.84. The zero-order valence-corrected chi connectivity index (χ0v) is 20.1. The van der Waals surface area contributed by atoms with Gasteiger partial charge < -0.3 is 5.32 Å². The summed E-state index contributed by atoms with van der Waals surface area (Å²) >= 11 is 0. The summed E-state index contributed by atoms with van der Waals surface area (Å²) in [5.41, 5.74) is 4.57. The van der Waals surface area contributed by atoms with Crippen molar-refractivity contribution in [3.8, 4) is 33.9 Å². The number of rotatable bonds is 5. The second-order valence-electron chi connectivity index (χ2n) is 8.46. The lowest BCUT2D eigenvalue weighted by molar-refractivity contribution is 0.509. The van der Waals surface area contributed by atoms with Gasteiger partial charge in [-0.25, -0.2) is 18.7 Å². The van der Waals surface area contributed by atoms with Crippen LogP contribution in [0.3, 0.4) is 0 Å². The number of anilines is 2. The Balaban J connectivity index is 1.40. The molecule has 10 nitrogen and oxygen atoms in total. The van der Waals surface area contributed by atoms with Crippen LogP contribution >= 0.6 is 0 Å². The minimum atomic E-state index is -0.930. The molecule has 0 unspecified atom stereocenters. The monoisotopic (exact) mass is 498 g/mol. The van der Waals surface area contributed by atoms with Crippen LogP contribution in [0.1, 0.15) is 5.69 Å². The highest BCUT2D eigenvalue weighted by atomic mass is 19.2. The van der Waals surface area contributed by atoms with Gasteiger partial charge in [-0.2, -0.15) is 10.2 Å². The molecule has 0 fully saturated rings. The first-order valence-electron chi connectivity index (χ1n) is 11.3. The molecule has 0 atom stereocenters. The predicted octanol–water partition coefficient (Wildman–Crippen LogP) is 4.32. The van der Waals surface area contributed by atoms with E-state index in [1.165, 1.54) is 6.07 Å². The Morgan fingerprint density at radius 3 is 2.51 bits per heavy atom. The van der Waals surface area contributed by atoms with Gasteiger partial charge in [-0.1, -0.05) is 0 Å². The fourth-order valence-electron chi connectivity index (χ4n) is 4.31. The predicted molar refractivity (Wildman–Crippen MR) is 133 cm³/mol. The van der Waals surface area contributed by atoms with Crippen LogP contribution in [-0.4, -0.2) is 44.1 Å². The second kappa shape index (κ2) is 8.59. The molecule has 184 valence electrons. The Kier molecular flexibility index (Phi) is 5.21. The average Bonchev–Trinajstić information content (AvgIpc) is 3.57. The number of benzene rings is 1. The van der Waals surface area contributed by atoms with Gasteiger partial charge in [0.25, 0.3) is 0 Å². The third-order valence-corrected chi connectivity index (χ3v) is 6.06. The highest BCUT2D eigenvalue weighted by Crippen LogP contribution is 2.35. The van der Waals surface area contributed by atoms with Gasteiger partial charge in [-0.15, -0.1) is 10.2 Å². The van der Waals surface area contributed by atoms with Gasteiger partial charge in [-0.3, -0.25) is 13.8 Å². The summed E-state index contributed by atoms with van der Waals surface area (Å²) in [6.07, 6.45) is 5.20. The maximum absolute atomic E-state index is 14.0. The van der Waals surface area contributed by atoms with Crippen LogP contribution in [0.15, 0.2) is 61.1 Å². The summed E-state index contributed by atoms with van der Waals surface area (Å²) in [6, 6.07) is 11.2. The third-order valence-electron chi connectivity index (χ3n) is 6.06. The molecule has 5 aromatic heterocycles. The van der Waals surface area contributed by atoms with Gasteiger partial charge in [-0.05, 0) is 43.3 Å². The van der Waals surface area contributed by atoms with E-state index in [0.717, 1.165) is 23.5 Å². The van der Waals surface area contributed by atoms with Crippen molar-refractivity contribution in [2.45, 2.75) is 6.92 Å². The van der Waals surface area contributed by atoms with Crippen LogP contribution in [-0.2, 0) is 14.1 Å². The molecule has 5 heterocycles. The minimum absolute atomic E-state index is 0.435. The van der Waals surface area contributed by atoms with E-state index in [0.29, 0.717) is 45.6 Å². The normalized spacial score (nSPS) is 11.4. The van der Waals surface area contributed by atoms with Crippen LogP contribution in [0.2, 0.25) is 0 Å². The van der Waals surface area contributed by atoms with Crippen molar-refractivity contribution in [1.29, 1.82) is 0 Å². The SMILES string of the molecule is Cc1nn(C)c(-c2ccc(F)c(F)c2)c1-c1nnc2cc(-c3ccnc(Nc4ccnn4C)n3)ccn12. The zero-order valence-electron chi connectivity index (χ0n) is 20.1. The molecule has 12 heteroatoms. The van der Waals surface area contributed by atoms with Gasteiger partial charge in [0.15, 0.2) is 23.1 Å². The first-order valence-corrected chi connectivity index (χ1v) is 11.3. The maximum Gasteiger partial charge on any atom is 0.228 e. The Hall–Kier alpha value is -5.00. The van der Waals surface area contributed by atoms with E-state index in [-0.39, 0.29) is 0 Å². The highest BCUT2D eigenvalue weighted by Gasteiger charge is 2.22. The fraction of sp³-hybridized carbons (Fsp3) is 0.120. The maximum atomic E-state index is 14.0. The van der Waals surface area contributed by atoms with Crippen LogP contribution in [0.5, 0.6) is 0 Å². The Bertz CT molecular complexity index is 1780. The number of halogens is 2. The molecule has 0 aliphatic heterocycles. The van der Waals surface area contributed by atoms with Gasteiger partial charge >= 0.3 is 0 Å². The molecule has 0 bridgehead atoms. The van der Waals surface area contributed by atoms with E-state index in [2.05, 4.69) is 35.7 Å². The number of aromatic nitrogens is 9. The van der Waals surface area contributed by atoms with Crippen molar-refractivity contribution in [3.63, 3.8) is 0 Å². The number of nitrogens with zero attached hydrogens (tertiary/aromatic N) is 9. The lowest BCUT2D eigenvalue weighted by Gasteiger charge is -2.08. The van der Waals surface area contributed by atoms with Crippen molar-refractivity contribution in [3.05, 3.63) is 78.4 Å². The molecule has 37 heavy (non-hydrogen) atoms. The number of nitrogens with one attached hydrogen (secondary N) is 1. The number of hydrogen-bond acceptors (Lipinski definition) is 7. The van der Waals surface area contributed by atoms with Crippen LogP contribution in [0.4, 0.5) is 20.5 Å². The number of pyridine rings is 1. The van der Waals surface area contributed by atoms with E-state index < -0.39 is 11.6 Å². The molecule has 0 radical (unpaired) electrons. The van der Waals surface area contributed by atoms with E-state index in [4.69, 9.17) is 0 Å². The van der Waals surface area contributed by atoms with Crippen molar-refractivity contribution in [1.82, 2.24) is 44.1 Å². The number of aryl methyl sites for hydroxylation is 3. The third kappa shape index (κ3) is 3.88. The molecule has 6 aromatic rings. The summed E-state index contributed by atoms with van der Waals surface area (Å²) < 4.78 is 32.8. The molecule has 0 aliphatic rings. The average molecular weight is 499 g/mol. The van der Waals surface area contributed by atoms with Crippen molar-refractivity contribution in [2.24, 2.45) is 14.1 Å². The summed E-state index contributed by atoms with van der Waals surface area (Å²) in [5, 5.41) is 20.6.